The van der Waals surface area contributed by atoms with Crippen LogP contribution in [-0.2, 0) is 9.84 Å². The summed E-state index contributed by atoms with van der Waals surface area (Å²) in [4.78, 5) is 0.367. The van der Waals surface area contributed by atoms with Crippen LogP contribution in [0.1, 0.15) is 24.3 Å². The molecule has 0 aromatic heterocycles. The smallest absolute Gasteiger partial charge is 0.175 e. The molecular formula is C17H19NO2S. The molecule has 0 amide bonds. The van der Waals surface area contributed by atoms with Crippen molar-refractivity contribution in [1.82, 2.24) is 0 Å². The van der Waals surface area contributed by atoms with Crippen molar-refractivity contribution < 1.29 is 8.42 Å². The molecule has 0 bridgehead atoms. The maximum Gasteiger partial charge on any atom is 0.175 e. The largest absolute Gasteiger partial charge is 0.382 e. The number of hydrogen-bond donors (Lipinski definition) is 1. The summed E-state index contributed by atoms with van der Waals surface area (Å²) in [7, 11) is -3.14. The van der Waals surface area contributed by atoms with Gasteiger partial charge in [0.15, 0.2) is 9.84 Å². The van der Waals surface area contributed by atoms with Crippen molar-refractivity contribution in [2.24, 2.45) is 0 Å². The summed E-state index contributed by atoms with van der Waals surface area (Å²) in [6.45, 7) is 0. The number of benzene rings is 2. The van der Waals surface area contributed by atoms with Gasteiger partial charge in [0.25, 0.3) is 0 Å². The Bertz CT molecular complexity index is 719. The van der Waals surface area contributed by atoms with Gasteiger partial charge < -0.3 is 5.32 Å². The Morgan fingerprint density at radius 3 is 2.38 bits per heavy atom. The number of rotatable bonds is 4. The highest BCUT2D eigenvalue weighted by atomic mass is 32.2. The Balaban J connectivity index is 1.62. The molecule has 0 spiro atoms. The first-order chi connectivity index (χ1) is 10.0. The van der Waals surface area contributed by atoms with E-state index in [1.807, 2.05) is 12.1 Å². The van der Waals surface area contributed by atoms with Gasteiger partial charge in [0.2, 0.25) is 0 Å². The SMILES string of the molecule is CS(=O)(=O)c1cccc(NC2CC(c3ccccc3)C2)c1. The standard InChI is InChI=1S/C17H19NO2S/c1-21(19,20)17-9-5-8-15(12-17)18-16-10-14(11-16)13-6-3-2-4-7-13/h2-9,12,14,16,18H,10-11H2,1H3. The maximum absolute atomic E-state index is 11.6. The molecule has 1 fully saturated rings. The van der Waals surface area contributed by atoms with E-state index in [2.05, 4.69) is 29.6 Å². The maximum atomic E-state index is 11.6. The molecule has 3 nitrogen and oxygen atoms in total. The van der Waals surface area contributed by atoms with Crippen molar-refractivity contribution >= 4 is 15.5 Å². The van der Waals surface area contributed by atoms with Gasteiger partial charge in [-0.2, -0.15) is 0 Å². The van der Waals surface area contributed by atoms with Gasteiger partial charge >= 0.3 is 0 Å². The predicted molar refractivity (Wildman–Crippen MR) is 85.4 cm³/mol. The second-order valence-corrected chi connectivity index (χ2v) is 7.74. The summed E-state index contributed by atoms with van der Waals surface area (Å²) in [6, 6.07) is 18.0. The number of anilines is 1. The van der Waals surface area contributed by atoms with Gasteiger partial charge in [-0.15, -0.1) is 0 Å². The van der Waals surface area contributed by atoms with Gasteiger partial charge in [0.05, 0.1) is 4.90 Å². The molecule has 1 aliphatic carbocycles. The zero-order valence-electron chi connectivity index (χ0n) is 12.0. The van der Waals surface area contributed by atoms with E-state index >= 15 is 0 Å². The molecule has 0 saturated heterocycles. The van der Waals surface area contributed by atoms with E-state index < -0.39 is 9.84 Å². The van der Waals surface area contributed by atoms with E-state index in [9.17, 15) is 8.42 Å². The monoisotopic (exact) mass is 301 g/mol. The lowest BCUT2D eigenvalue weighted by atomic mass is 9.76. The Morgan fingerprint density at radius 2 is 1.71 bits per heavy atom. The fraction of sp³-hybridized carbons (Fsp3) is 0.294. The van der Waals surface area contributed by atoms with Crippen LogP contribution in [-0.4, -0.2) is 20.7 Å². The van der Waals surface area contributed by atoms with Crippen molar-refractivity contribution in [2.45, 2.75) is 29.7 Å². The van der Waals surface area contributed by atoms with Crippen molar-refractivity contribution in [3.8, 4) is 0 Å². The molecule has 0 radical (unpaired) electrons. The molecule has 0 aliphatic heterocycles. The van der Waals surface area contributed by atoms with Crippen LogP contribution in [0.2, 0.25) is 0 Å². The summed E-state index contributed by atoms with van der Waals surface area (Å²) in [6.07, 6.45) is 3.42. The zero-order valence-corrected chi connectivity index (χ0v) is 12.8. The summed E-state index contributed by atoms with van der Waals surface area (Å²) >= 11 is 0. The normalized spacial score (nSPS) is 21.6. The second-order valence-electron chi connectivity index (χ2n) is 5.72. The van der Waals surface area contributed by atoms with Gasteiger partial charge in [-0.25, -0.2) is 8.42 Å². The van der Waals surface area contributed by atoms with Crippen LogP contribution in [0.25, 0.3) is 0 Å². The van der Waals surface area contributed by atoms with Gasteiger partial charge in [0.1, 0.15) is 0 Å². The third-order valence-electron chi connectivity index (χ3n) is 4.04. The Kier molecular flexibility index (Phi) is 3.72. The highest BCUT2D eigenvalue weighted by Crippen LogP contribution is 2.38. The summed E-state index contributed by atoms with van der Waals surface area (Å²) in [5, 5.41) is 3.43. The number of sulfone groups is 1. The molecule has 4 heteroatoms. The van der Waals surface area contributed by atoms with Crippen LogP contribution in [0, 0.1) is 0 Å². The minimum Gasteiger partial charge on any atom is -0.382 e. The van der Waals surface area contributed by atoms with Crippen LogP contribution in [0.5, 0.6) is 0 Å². The predicted octanol–water partition coefficient (Wildman–Crippen LogP) is 3.45. The molecule has 110 valence electrons. The second kappa shape index (κ2) is 5.53. The fourth-order valence-electron chi connectivity index (χ4n) is 2.79. The molecule has 0 atom stereocenters. The molecule has 0 heterocycles. The minimum atomic E-state index is -3.14. The first-order valence-corrected chi connectivity index (χ1v) is 9.03. The van der Waals surface area contributed by atoms with Crippen molar-refractivity contribution in [3.05, 3.63) is 60.2 Å². The Labute approximate surface area is 125 Å². The average molecular weight is 301 g/mol. The Hall–Kier alpha value is -1.81. The number of nitrogens with one attached hydrogen (secondary N) is 1. The van der Waals surface area contributed by atoms with Gasteiger partial charge in [0, 0.05) is 18.0 Å². The van der Waals surface area contributed by atoms with E-state index in [0.29, 0.717) is 16.9 Å². The first kappa shape index (κ1) is 14.1. The summed E-state index contributed by atoms with van der Waals surface area (Å²) in [5.74, 6) is 0.613. The van der Waals surface area contributed by atoms with Crippen LogP contribution in [0.15, 0.2) is 59.5 Å². The molecule has 21 heavy (non-hydrogen) atoms. The highest BCUT2D eigenvalue weighted by Gasteiger charge is 2.30. The van der Waals surface area contributed by atoms with E-state index in [1.54, 1.807) is 18.2 Å². The lowest BCUT2D eigenvalue weighted by Crippen LogP contribution is -2.34. The molecule has 3 rings (SSSR count). The molecule has 0 unspecified atom stereocenters. The Morgan fingerprint density at radius 1 is 1.00 bits per heavy atom. The van der Waals surface area contributed by atoms with E-state index in [-0.39, 0.29) is 0 Å². The van der Waals surface area contributed by atoms with Gasteiger partial charge in [-0.3, -0.25) is 0 Å². The van der Waals surface area contributed by atoms with Gasteiger partial charge in [-0.1, -0.05) is 36.4 Å². The van der Waals surface area contributed by atoms with Crippen molar-refractivity contribution in [1.29, 1.82) is 0 Å². The highest BCUT2D eigenvalue weighted by molar-refractivity contribution is 7.90. The summed E-state index contributed by atoms with van der Waals surface area (Å²) in [5.41, 5.74) is 2.27. The molecule has 1 N–H and O–H groups in total. The minimum absolute atomic E-state index is 0.367. The quantitative estimate of drug-likeness (QED) is 0.941. The molecular weight excluding hydrogens is 282 g/mol. The number of hydrogen-bond acceptors (Lipinski definition) is 3. The van der Waals surface area contributed by atoms with E-state index in [4.69, 9.17) is 0 Å². The average Bonchev–Trinajstić information content (AvgIpc) is 2.43. The molecule has 1 saturated carbocycles. The molecule has 1 aliphatic rings. The van der Waals surface area contributed by atoms with Crippen LogP contribution in [0.4, 0.5) is 5.69 Å². The summed E-state index contributed by atoms with van der Waals surface area (Å²) < 4.78 is 23.1. The van der Waals surface area contributed by atoms with Gasteiger partial charge in [-0.05, 0) is 42.5 Å². The lowest BCUT2D eigenvalue weighted by Gasteiger charge is -2.37. The molecule has 2 aromatic carbocycles. The topological polar surface area (TPSA) is 46.2 Å². The lowest BCUT2D eigenvalue weighted by molar-refractivity contribution is 0.374. The van der Waals surface area contributed by atoms with Crippen LogP contribution in [0.3, 0.4) is 0 Å². The first-order valence-electron chi connectivity index (χ1n) is 7.14. The van der Waals surface area contributed by atoms with Crippen molar-refractivity contribution in [2.75, 3.05) is 11.6 Å². The van der Waals surface area contributed by atoms with Crippen LogP contribution >= 0.6 is 0 Å². The fourth-order valence-corrected chi connectivity index (χ4v) is 3.45. The van der Waals surface area contributed by atoms with Crippen LogP contribution < -0.4 is 5.32 Å². The molecule has 2 aromatic rings. The third-order valence-corrected chi connectivity index (χ3v) is 5.15. The third kappa shape index (κ3) is 3.27. The van der Waals surface area contributed by atoms with Crippen molar-refractivity contribution in [3.63, 3.8) is 0 Å². The van der Waals surface area contributed by atoms with E-state index in [0.717, 1.165) is 18.5 Å². The zero-order chi connectivity index (χ0) is 14.9. The van der Waals surface area contributed by atoms with E-state index in [1.165, 1.54) is 11.8 Å².